The lowest BCUT2D eigenvalue weighted by Gasteiger charge is -2.17. The van der Waals surface area contributed by atoms with Crippen LogP contribution in [0.25, 0.3) is 11.5 Å². The van der Waals surface area contributed by atoms with E-state index in [-0.39, 0.29) is 11.6 Å². The minimum absolute atomic E-state index is 0.143. The van der Waals surface area contributed by atoms with E-state index < -0.39 is 17.7 Å². The van der Waals surface area contributed by atoms with Crippen molar-refractivity contribution in [1.29, 1.82) is 0 Å². The summed E-state index contributed by atoms with van der Waals surface area (Å²) in [6, 6.07) is 21.5. The van der Waals surface area contributed by atoms with E-state index in [0.717, 1.165) is 17.2 Å². The summed E-state index contributed by atoms with van der Waals surface area (Å²) in [6.45, 7) is 0. The van der Waals surface area contributed by atoms with Crippen LogP contribution in [0.2, 0.25) is 0 Å². The number of anilines is 1. The lowest BCUT2D eigenvalue weighted by atomic mass is 10.1. The van der Waals surface area contributed by atoms with Gasteiger partial charge in [-0.25, -0.2) is 8.78 Å². The molecule has 0 fully saturated rings. The smallest absolute Gasteiger partial charge is 0.247 e. The van der Waals surface area contributed by atoms with Crippen LogP contribution in [-0.2, 0) is 0 Å². The molecular weight excluding hydrogens is 348 g/mol. The van der Waals surface area contributed by atoms with Crippen LogP contribution in [0.15, 0.2) is 83.3 Å². The summed E-state index contributed by atoms with van der Waals surface area (Å²) in [5, 5.41) is 11.3. The number of halogens is 2. The fourth-order valence-electron chi connectivity index (χ4n) is 2.74. The highest BCUT2D eigenvalue weighted by Gasteiger charge is 2.22. The Kier molecular flexibility index (Phi) is 4.61. The molecule has 1 heterocycles. The lowest BCUT2D eigenvalue weighted by molar-refractivity contribution is 0.492. The monoisotopic (exact) mass is 363 g/mol. The molecular formula is C21H15F2N3O. The highest BCUT2D eigenvalue weighted by Crippen LogP contribution is 2.29. The van der Waals surface area contributed by atoms with Gasteiger partial charge in [-0.2, -0.15) is 0 Å². The molecule has 1 atom stereocenters. The van der Waals surface area contributed by atoms with Crippen molar-refractivity contribution < 1.29 is 13.2 Å². The first-order valence-corrected chi connectivity index (χ1v) is 8.36. The first-order valence-electron chi connectivity index (χ1n) is 8.36. The van der Waals surface area contributed by atoms with Crippen molar-refractivity contribution in [2.45, 2.75) is 6.04 Å². The second-order valence-electron chi connectivity index (χ2n) is 5.92. The van der Waals surface area contributed by atoms with Crippen molar-refractivity contribution in [3.63, 3.8) is 0 Å². The highest BCUT2D eigenvalue weighted by molar-refractivity contribution is 5.53. The number of aromatic nitrogens is 2. The normalized spacial score (nSPS) is 11.9. The van der Waals surface area contributed by atoms with Crippen molar-refractivity contribution in [3.8, 4) is 11.5 Å². The first-order chi connectivity index (χ1) is 13.2. The molecule has 0 saturated carbocycles. The summed E-state index contributed by atoms with van der Waals surface area (Å²) >= 11 is 0. The standard InChI is InChI=1S/C21H15F2N3O/c22-16-11-12-18(17(23)13-16)24-19(14-7-3-1-4-8-14)21-26-25-20(27-21)15-9-5-2-6-10-15/h1-13,19,24H/t19-/m0/s1. The van der Waals surface area contributed by atoms with E-state index in [1.807, 2.05) is 60.7 Å². The van der Waals surface area contributed by atoms with Crippen LogP contribution in [-0.4, -0.2) is 10.2 Å². The molecule has 4 rings (SSSR count). The van der Waals surface area contributed by atoms with E-state index in [1.165, 1.54) is 12.1 Å². The van der Waals surface area contributed by atoms with Crippen LogP contribution in [0.1, 0.15) is 17.5 Å². The van der Waals surface area contributed by atoms with Gasteiger partial charge in [0.25, 0.3) is 0 Å². The quantitative estimate of drug-likeness (QED) is 0.528. The van der Waals surface area contributed by atoms with Gasteiger partial charge in [-0.3, -0.25) is 0 Å². The predicted octanol–water partition coefficient (Wildman–Crippen LogP) is 5.22. The molecule has 4 nitrogen and oxygen atoms in total. The Morgan fingerprint density at radius 3 is 2.22 bits per heavy atom. The molecule has 27 heavy (non-hydrogen) atoms. The number of rotatable bonds is 5. The van der Waals surface area contributed by atoms with Gasteiger partial charge in [-0.05, 0) is 29.8 Å². The Bertz CT molecular complexity index is 1040. The Labute approximate surface area is 154 Å². The van der Waals surface area contributed by atoms with E-state index in [9.17, 15) is 8.78 Å². The van der Waals surface area contributed by atoms with Gasteiger partial charge < -0.3 is 9.73 Å². The van der Waals surface area contributed by atoms with Crippen LogP contribution in [0, 0.1) is 11.6 Å². The molecule has 0 aliphatic carbocycles. The third kappa shape index (κ3) is 3.69. The predicted molar refractivity (Wildman–Crippen MR) is 98.0 cm³/mol. The zero-order valence-electron chi connectivity index (χ0n) is 14.1. The second kappa shape index (κ2) is 7.37. The van der Waals surface area contributed by atoms with Crippen molar-refractivity contribution in [2.75, 3.05) is 5.32 Å². The number of hydrogen-bond acceptors (Lipinski definition) is 4. The van der Waals surface area contributed by atoms with Gasteiger partial charge in [0.1, 0.15) is 17.7 Å². The average Bonchev–Trinajstić information content (AvgIpc) is 3.19. The maximum atomic E-state index is 14.1. The van der Waals surface area contributed by atoms with Gasteiger partial charge in [0.05, 0.1) is 5.69 Å². The Morgan fingerprint density at radius 1 is 0.815 bits per heavy atom. The zero-order valence-corrected chi connectivity index (χ0v) is 14.1. The van der Waals surface area contributed by atoms with Gasteiger partial charge in [0, 0.05) is 11.6 Å². The molecule has 0 radical (unpaired) electrons. The van der Waals surface area contributed by atoms with Crippen LogP contribution >= 0.6 is 0 Å². The van der Waals surface area contributed by atoms with Gasteiger partial charge in [-0.1, -0.05) is 48.5 Å². The topological polar surface area (TPSA) is 51.0 Å². The lowest BCUT2D eigenvalue weighted by Crippen LogP contribution is -2.14. The molecule has 1 N–H and O–H groups in total. The second-order valence-corrected chi connectivity index (χ2v) is 5.92. The summed E-state index contributed by atoms with van der Waals surface area (Å²) < 4.78 is 33.2. The minimum Gasteiger partial charge on any atom is -0.418 e. The summed E-state index contributed by atoms with van der Waals surface area (Å²) in [4.78, 5) is 0. The first kappa shape index (κ1) is 16.9. The van der Waals surface area contributed by atoms with Crippen molar-refractivity contribution in [2.24, 2.45) is 0 Å². The molecule has 0 spiro atoms. The Hall–Kier alpha value is -3.54. The largest absolute Gasteiger partial charge is 0.418 e. The number of hydrogen-bond donors (Lipinski definition) is 1. The molecule has 3 aromatic carbocycles. The van der Waals surface area contributed by atoms with E-state index in [1.54, 1.807) is 0 Å². The maximum Gasteiger partial charge on any atom is 0.247 e. The number of nitrogens with one attached hydrogen (secondary N) is 1. The van der Waals surface area contributed by atoms with E-state index in [2.05, 4.69) is 15.5 Å². The van der Waals surface area contributed by atoms with Crippen LogP contribution < -0.4 is 5.32 Å². The molecule has 0 aliphatic rings. The van der Waals surface area contributed by atoms with Gasteiger partial charge in [0.2, 0.25) is 11.8 Å². The van der Waals surface area contributed by atoms with Crippen LogP contribution in [0.4, 0.5) is 14.5 Å². The molecule has 0 unspecified atom stereocenters. The third-order valence-corrected chi connectivity index (χ3v) is 4.07. The molecule has 0 amide bonds. The zero-order chi connectivity index (χ0) is 18.6. The summed E-state index contributed by atoms with van der Waals surface area (Å²) in [6.07, 6.45) is 0. The molecule has 1 aromatic heterocycles. The molecule has 0 bridgehead atoms. The highest BCUT2D eigenvalue weighted by atomic mass is 19.1. The Balaban J connectivity index is 1.72. The van der Waals surface area contributed by atoms with Crippen molar-refractivity contribution >= 4 is 5.69 Å². The molecule has 6 heteroatoms. The van der Waals surface area contributed by atoms with Crippen molar-refractivity contribution in [1.82, 2.24) is 10.2 Å². The van der Waals surface area contributed by atoms with Gasteiger partial charge in [0.15, 0.2) is 0 Å². The fraction of sp³-hybridized carbons (Fsp3) is 0.0476. The van der Waals surface area contributed by atoms with Crippen LogP contribution in [0.3, 0.4) is 0 Å². The SMILES string of the molecule is Fc1ccc(N[C@@H](c2ccccc2)c2nnc(-c3ccccc3)o2)c(F)c1. The van der Waals surface area contributed by atoms with Crippen LogP contribution in [0.5, 0.6) is 0 Å². The molecule has 134 valence electrons. The van der Waals surface area contributed by atoms with Gasteiger partial charge in [-0.15, -0.1) is 10.2 Å². The fourth-order valence-corrected chi connectivity index (χ4v) is 2.74. The third-order valence-electron chi connectivity index (χ3n) is 4.07. The van der Waals surface area contributed by atoms with E-state index in [0.29, 0.717) is 5.89 Å². The number of nitrogens with zero attached hydrogens (tertiary/aromatic N) is 2. The molecule has 0 saturated heterocycles. The van der Waals surface area contributed by atoms with Crippen molar-refractivity contribution in [3.05, 3.63) is 102 Å². The number of benzene rings is 3. The summed E-state index contributed by atoms with van der Waals surface area (Å²) in [5.74, 6) is -0.686. The molecule has 4 aromatic rings. The van der Waals surface area contributed by atoms with Gasteiger partial charge >= 0.3 is 0 Å². The van der Waals surface area contributed by atoms with E-state index in [4.69, 9.17) is 4.42 Å². The average molecular weight is 363 g/mol. The summed E-state index contributed by atoms with van der Waals surface area (Å²) in [7, 11) is 0. The van der Waals surface area contributed by atoms with E-state index >= 15 is 0 Å². The maximum absolute atomic E-state index is 14.1. The Morgan fingerprint density at radius 2 is 1.52 bits per heavy atom. The minimum atomic E-state index is -0.696. The summed E-state index contributed by atoms with van der Waals surface area (Å²) in [5.41, 5.74) is 1.74. The molecule has 0 aliphatic heterocycles.